The summed E-state index contributed by atoms with van der Waals surface area (Å²) in [5, 5.41) is 8.51. The van der Waals surface area contributed by atoms with E-state index in [9.17, 15) is 18.8 Å². The van der Waals surface area contributed by atoms with Crippen molar-refractivity contribution in [2.24, 2.45) is 0 Å². The molecule has 1 saturated heterocycles. The molecule has 2 aromatic carbocycles. The first-order chi connectivity index (χ1) is 13.3. The number of carboxylic acid groups (broad SMARTS) is 1. The number of nitrogens with zero attached hydrogens (tertiary/aromatic N) is 1. The van der Waals surface area contributed by atoms with Gasteiger partial charge in [0, 0.05) is 0 Å². The molecule has 1 N–H and O–H groups in total. The number of halogens is 1. The van der Waals surface area contributed by atoms with Crippen molar-refractivity contribution in [3.05, 3.63) is 70.4 Å². The van der Waals surface area contributed by atoms with Crippen molar-refractivity contribution in [3.63, 3.8) is 0 Å². The van der Waals surface area contributed by atoms with Crippen molar-refractivity contribution in [1.82, 2.24) is 4.90 Å². The molecule has 8 heteroatoms. The maximum atomic E-state index is 13.0. The second-order valence-electron chi connectivity index (χ2n) is 6.07. The summed E-state index contributed by atoms with van der Waals surface area (Å²) >= 11 is 0.813. The Bertz CT molecular complexity index is 957. The molecule has 0 bridgehead atoms. The SMILES string of the molecule is CC(Oc1cccc(/C=C2/SC(=O)N(Cc3ccc(F)cc3)C2=O)c1)C(=O)O. The van der Waals surface area contributed by atoms with Crippen molar-refractivity contribution in [1.29, 1.82) is 0 Å². The number of carbonyl (C=O) groups excluding carboxylic acids is 2. The topological polar surface area (TPSA) is 83.9 Å². The molecule has 0 saturated carbocycles. The van der Waals surface area contributed by atoms with E-state index in [1.165, 1.54) is 31.2 Å². The lowest BCUT2D eigenvalue weighted by Crippen LogP contribution is -2.27. The van der Waals surface area contributed by atoms with Crippen molar-refractivity contribution < 1.29 is 28.6 Å². The van der Waals surface area contributed by atoms with Crippen molar-refractivity contribution in [2.75, 3.05) is 0 Å². The fourth-order valence-electron chi connectivity index (χ4n) is 2.49. The fourth-order valence-corrected chi connectivity index (χ4v) is 3.33. The van der Waals surface area contributed by atoms with Crippen LogP contribution in [-0.4, -0.2) is 33.2 Å². The third kappa shape index (κ3) is 4.58. The molecule has 0 radical (unpaired) electrons. The summed E-state index contributed by atoms with van der Waals surface area (Å²) in [5.74, 6) is -1.58. The van der Waals surface area contributed by atoms with E-state index in [1.54, 1.807) is 30.3 Å². The van der Waals surface area contributed by atoms with E-state index in [4.69, 9.17) is 9.84 Å². The lowest BCUT2D eigenvalue weighted by atomic mass is 10.2. The van der Waals surface area contributed by atoms with E-state index >= 15 is 0 Å². The average molecular weight is 401 g/mol. The number of ether oxygens (including phenoxy) is 1. The number of benzene rings is 2. The van der Waals surface area contributed by atoms with Crippen LogP contribution in [0.1, 0.15) is 18.1 Å². The van der Waals surface area contributed by atoms with Crippen molar-refractivity contribution in [2.45, 2.75) is 19.6 Å². The van der Waals surface area contributed by atoms with Gasteiger partial charge in [0.15, 0.2) is 6.10 Å². The minimum atomic E-state index is -1.09. The summed E-state index contributed by atoms with van der Waals surface area (Å²) in [7, 11) is 0. The maximum absolute atomic E-state index is 13.0. The molecule has 0 spiro atoms. The quantitative estimate of drug-likeness (QED) is 0.739. The number of thioether (sulfide) groups is 1. The first kappa shape index (κ1) is 19.6. The highest BCUT2D eigenvalue weighted by molar-refractivity contribution is 8.18. The third-order valence-corrected chi connectivity index (χ3v) is 4.85. The molecule has 0 aromatic heterocycles. The summed E-state index contributed by atoms with van der Waals surface area (Å²) in [4.78, 5) is 37.0. The Balaban J connectivity index is 1.76. The minimum Gasteiger partial charge on any atom is -0.479 e. The summed E-state index contributed by atoms with van der Waals surface area (Å²) in [6.07, 6.45) is 0.534. The lowest BCUT2D eigenvalue weighted by Gasteiger charge is -2.12. The Morgan fingerprint density at radius 1 is 1.25 bits per heavy atom. The van der Waals surface area contributed by atoms with E-state index < -0.39 is 29.0 Å². The predicted octanol–water partition coefficient (Wildman–Crippen LogP) is 3.91. The van der Waals surface area contributed by atoms with Gasteiger partial charge in [-0.2, -0.15) is 0 Å². The van der Waals surface area contributed by atoms with Gasteiger partial charge in [-0.1, -0.05) is 24.3 Å². The van der Waals surface area contributed by atoms with Gasteiger partial charge in [0.05, 0.1) is 11.4 Å². The predicted molar refractivity (Wildman–Crippen MR) is 102 cm³/mol. The van der Waals surface area contributed by atoms with E-state index in [0.717, 1.165) is 16.7 Å². The zero-order chi connectivity index (χ0) is 20.3. The molecule has 28 heavy (non-hydrogen) atoms. The second kappa shape index (κ2) is 8.26. The molecule has 1 aliphatic rings. The first-order valence-electron chi connectivity index (χ1n) is 8.33. The molecular formula is C20H16FNO5S. The number of amides is 2. The largest absolute Gasteiger partial charge is 0.479 e. The molecule has 6 nitrogen and oxygen atoms in total. The van der Waals surface area contributed by atoms with Crippen LogP contribution in [0.5, 0.6) is 5.75 Å². The molecule has 1 aliphatic heterocycles. The number of rotatable bonds is 6. The van der Waals surface area contributed by atoms with Gasteiger partial charge in [0.2, 0.25) is 0 Å². The summed E-state index contributed by atoms with van der Waals surface area (Å²) in [6.45, 7) is 1.47. The van der Waals surface area contributed by atoms with Crippen molar-refractivity contribution >= 4 is 35.0 Å². The highest BCUT2D eigenvalue weighted by atomic mass is 32.2. The normalized spacial score (nSPS) is 16.5. The summed E-state index contributed by atoms with van der Waals surface area (Å²) < 4.78 is 18.3. The van der Waals surface area contributed by atoms with Crippen LogP contribution in [0, 0.1) is 5.82 Å². The van der Waals surface area contributed by atoms with Gasteiger partial charge in [-0.05, 0) is 60.2 Å². The van der Waals surface area contributed by atoms with Gasteiger partial charge in [0.25, 0.3) is 11.1 Å². The highest BCUT2D eigenvalue weighted by Crippen LogP contribution is 2.33. The van der Waals surface area contributed by atoms with E-state index in [1.807, 2.05) is 0 Å². The Morgan fingerprint density at radius 3 is 2.64 bits per heavy atom. The molecule has 1 unspecified atom stereocenters. The maximum Gasteiger partial charge on any atom is 0.344 e. The monoisotopic (exact) mass is 401 g/mol. The third-order valence-electron chi connectivity index (χ3n) is 3.94. The van der Waals surface area contributed by atoms with Crippen LogP contribution >= 0.6 is 11.8 Å². The standard InChI is InChI=1S/C20H16FNO5S/c1-12(19(24)25)27-16-4-2-3-14(9-16)10-17-18(23)22(20(26)28-17)11-13-5-7-15(21)8-6-13/h2-10,12H,11H2,1H3,(H,24,25)/b17-10+. The van der Waals surface area contributed by atoms with Crippen LogP contribution < -0.4 is 4.74 Å². The van der Waals surface area contributed by atoms with Crippen LogP contribution in [0.4, 0.5) is 9.18 Å². The van der Waals surface area contributed by atoms with Crippen LogP contribution in [0.2, 0.25) is 0 Å². The number of carbonyl (C=O) groups is 3. The molecule has 1 fully saturated rings. The smallest absolute Gasteiger partial charge is 0.344 e. The average Bonchev–Trinajstić information content (AvgIpc) is 2.91. The second-order valence-corrected chi connectivity index (χ2v) is 7.06. The van der Waals surface area contributed by atoms with Crippen LogP contribution in [0.15, 0.2) is 53.4 Å². The van der Waals surface area contributed by atoms with Gasteiger partial charge in [-0.15, -0.1) is 0 Å². The zero-order valence-electron chi connectivity index (χ0n) is 14.8. The van der Waals surface area contributed by atoms with E-state index in [0.29, 0.717) is 16.9 Å². The van der Waals surface area contributed by atoms with Crippen LogP contribution in [0.25, 0.3) is 6.08 Å². The lowest BCUT2D eigenvalue weighted by molar-refractivity contribution is -0.144. The summed E-state index contributed by atoms with van der Waals surface area (Å²) in [5.41, 5.74) is 1.24. The number of hydrogen-bond acceptors (Lipinski definition) is 5. The summed E-state index contributed by atoms with van der Waals surface area (Å²) in [6, 6.07) is 12.2. The van der Waals surface area contributed by atoms with E-state index in [-0.39, 0.29) is 11.4 Å². The Morgan fingerprint density at radius 2 is 1.96 bits per heavy atom. The van der Waals surface area contributed by atoms with Gasteiger partial charge < -0.3 is 9.84 Å². The Kier molecular flexibility index (Phi) is 5.79. The molecule has 2 amide bonds. The van der Waals surface area contributed by atoms with Gasteiger partial charge in [0.1, 0.15) is 11.6 Å². The van der Waals surface area contributed by atoms with Crippen LogP contribution in [-0.2, 0) is 16.1 Å². The molecule has 2 aromatic rings. The number of hydrogen-bond donors (Lipinski definition) is 1. The Hall–Kier alpha value is -3.13. The molecule has 144 valence electrons. The molecule has 1 heterocycles. The molecular weight excluding hydrogens is 385 g/mol. The van der Waals surface area contributed by atoms with Gasteiger partial charge in [-0.25, -0.2) is 9.18 Å². The number of aliphatic carboxylic acids is 1. The Labute approximate surface area is 164 Å². The van der Waals surface area contributed by atoms with E-state index in [2.05, 4.69) is 0 Å². The zero-order valence-corrected chi connectivity index (χ0v) is 15.6. The number of carboxylic acids is 1. The fraction of sp³-hybridized carbons (Fsp3) is 0.150. The number of imide groups is 1. The highest BCUT2D eigenvalue weighted by Gasteiger charge is 2.35. The van der Waals surface area contributed by atoms with Gasteiger partial charge in [-0.3, -0.25) is 14.5 Å². The van der Waals surface area contributed by atoms with Crippen molar-refractivity contribution in [3.8, 4) is 5.75 Å². The molecule has 3 rings (SSSR count). The first-order valence-corrected chi connectivity index (χ1v) is 9.14. The molecule has 1 atom stereocenters. The molecule has 0 aliphatic carbocycles. The van der Waals surface area contributed by atoms with Gasteiger partial charge >= 0.3 is 5.97 Å². The van der Waals surface area contributed by atoms with Crippen LogP contribution in [0.3, 0.4) is 0 Å². The minimum absolute atomic E-state index is 0.0571.